The van der Waals surface area contributed by atoms with E-state index >= 15 is 0 Å². The lowest BCUT2D eigenvalue weighted by molar-refractivity contribution is -0.155. The van der Waals surface area contributed by atoms with E-state index in [1.165, 1.54) is 0 Å². The zero-order valence-electron chi connectivity index (χ0n) is 15.7. The van der Waals surface area contributed by atoms with Crippen LogP contribution in [0, 0.1) is 0 Å². The van der Waals surface area contributed by atoms with Gasteiger partial charge in [0.15, 0.2) is 0 Å². The summed E-state index contributed by atoms with van der Waals surface area (Å²) in [4.78, 5) is 25.8. The van der Waals surface area contributed by atoms with Crippen molar-refractivity contribution in [1.82, 2.24) is 4.90 Å². The number of likely N-dealkylation sites (tertiary alicyclic amines) is 1. The highest BCUT2D eigenvalue weighted by Crippen LogP contribution is 2.37. The summed E-state index contributed by atoms with van der Waals surface area (Å²) in [5.41, 5.74) is -0.410. The van der Waals surface area contributed by atoms with Crippen LogP contribution in [0.2, 0.25) is 0 Å². The molecule has 1 aromatic rings. The largest absolute Gasteiger partial charge is 0.464 e. The van der Waals surface area contributed by atoms with E-state index in [2.05, 4.69) is 15.9 Å². The summed E-state index contributed by atoms with van der Waals surface area (Å²) in [5.74, 6) is -0.417. The van der Waals surface area contributed by atoms with Crippen molar-refractivity contribution in [3.05, 3.63) is 34.3 Å². The highest BCUT2D eigenvalue weighted by molar-refractivity contribution is 9.10. The van der Waals surface area contributed by atoms with Gasteiger partial charge < -0.3 is 19.1 Å². The van der Waals surface area contributed by atoms with Crippen molar-refractivity contribution >= 4 is 28.0 Å². The molecule has 1 unspecified atom stereocenters. The minimum atomic E-state index is -0.760. The molecule has 6 nitrogen and oxygen atoms in total. The maximum atomic E-state index is 12.4. The summed E-state index contributed by atoms with van der Waals surface area (Å²) in [7, 11) is 0. The molecule has 26 heavy (non-hydrogen) atoms. The molecule has 1 aliphatic heterocycles. The van der Waals surface area contributed by atoms with E-state index in [0.29, 0.717) is 26.1 Å². The van der Waals surface area contributed by atoms with Gasteiger partial charge >= 0.3 is 12.1 Å². The summed E-state index contributed by atoms with van der Waals surface area (Å²) in [6.45, 7) is 8.21. The Morgan fingerprint density at radius 3 is 2.46 bits per heavy atom. The lowest BCUT2D eigenvalue weighted by atomic mass is 9.92. The van der Waals surface area contributed by atoms with Gasteiger partial charge in [0, 0.05) is 17.4 Å². The summed E-state index contributed by atoms with van der Waals surface area (Å²) in [6, 6.07) is 7.71. The maximum Gasteiger partial charge on any atom is 0.410 e. The Morgan fingerprint density at radius 1 is 1.23 bits per heavy atom. The average Bonchev–Trinajstić information content (AvgIpc) is 2.98. The first kappa shape index (κ1) is 20.7. The van der Waals surface area contributed by atoms with E-state index < -0.39 is 17.2 Å². The summed E-state index contributed by atoms with van der Waals surface area (Å²) in [6.07, 6.45) is 0.198. The van der Waals surface area contributed by atoms with E-state index in [-0.39, 0.29) is 12.7 Å². The van der Waals surface area contributed by atoms with Crippen LogP contribution in [0.25, 0.3) is 0 Å². The van der Waals surface area contributed by atoms with Gasteiger partial charge in [-0.15, -0.1) is 0 Å². The van der Waals surface area contributed by atoms with Crippen LogP contribution in [0.1, 0.15) is 39.7 Å². The fourth-order valence-electron chi connectivity index (χ4n) is 2.85. The van der Waals surface area contributed by atoms with Crippen molar-refractivity contribution in [2.45, 2.75) is 45.3 Å². The zero-order valence-corrected chi connectivity index (χ0v) is 17.3. The molecule has 0 radical (unpaired) electrons. The lowest BCUT2D eigenvalue weighted by Gasteiger charge is -2.30. The second-order valence-corrected chi connectivity index (χ2v) is 8.16. The van der Waals surface area contributed by atoms with Gasteiger partial charge in [0.25, 0.3) is 0 Å². The van der Waals surface area contributed by atoms with Gasteiger partial charge in [0.05, 0.1) is 13.2 Å². The number of carbonyl (C=O) groups is 2. The second kappa shape index (κ2) is 8.39. The van der Waals surface area contributed by atoms with Gasteiger partial charge in [0.1, 0.15) is 17.8 Å². The average molecular weight is 428 g/mol. The van der Waals surface area contributed by atoms with Crippen LogP contribution in [0.15, 0.2) is 28.7 Å². The molecule has 2 rings (SSSR count). The molecule has 1 amide bonds. The molecular weight excluding hydrogens is 402 g/mol. The minimum absolute atomic E-state index is 0.161. The smallest absolute Gasteiger partial charge is 0.410 e. The molecule has 1 atom stereocenters. The Bertz CT molecular complexity index is 640. The second-order valence-electron chi connectivity index (χ2n) is 7.25. The van der Waals surface area contributed by atoms with Crippen molar-refractivity contribution < 1.29 is 23.8 Å². The number of benzene rings is 1. The van der Waals surface area contributed by atoms with Crippen LogP contribution >= 0.6 is 15.9 Å². The maximum absolute atomic E-state index is 12.4. The van der Waals surface area contributed by atoms with Crippen molar-refractivity contribution in [1.29, 1.82) is 0 Å². The Balaban J connectivity index is 2.18. The first-order valence-electron chi connectivity index (χ1n) is 8.69. The van der Waals surface area contributed by atoms with Crippen LogP contribution in [0.3, 0.4) is 0 Å². The van der Waals surface area contributed by atoms with Gasteiger partial charge in [0.2, 0.25) is 0 Å². The van der Waals surface area contributed by atoms with Crippen molar-refractivity contribution in [2.75, 3.05) is 26.3 Å². The van der Waals surface area contributed by atoms with E-state index in [0.717, 1.165) is 10.0 Å². The molecule has 0 N–H and O–H groups in total. The third kappa shape index (κ3) is 5.45. The van der Waals surface area contributed by atoms with Gasteiger partial charge in [-0.3, -0.25) is 0 Å². The van der Waals surface area contributed by atoms with Gasteiger partial charge in [-0.1, -0.05) is 28.1 Å². The molecule has 0 bridgehead atoms. The third-order valence-electron chi connectivity index (χ3n) is 4.03. The quantitative estimate of drug-likeness (QED) is 0.667. The number of nitrogens with zero attached hydrogens (tertiary/aromatic N) is 1. The van der Waals surface area contributed by atoms with E-state index in [9.17, 15) is 9.59 Å². The molecular formula is C19H26BrNO5. The van der Waals surface area contributed by atoms with Crippen LogP contribution < -0.4 is 0 Å². The fraction of sp³-hybridized carbons (Fsp3) is 0.579. The van der Waals surface area contributed by atoms with Crippen molar-refractivity contribution in [3.8, 4) is 0 Å². The standard InChI is InChI=1S/C19H26BrNO5/c1-5-24-16(22)12-25-19(14-6-8-15(20)9-7-14)10-11-21(13-19)17(23)26-18(2,3)4/h6-9H,5,10-13H2,1-4H3. The molecule has 7 heteroatoms. The Labute approximate surface area is 162 Å². The molecule has 0 saturated carbocycles. The first-order valence-corrected chi connectivity index (χ1v) is 9.48. The predicted molar refractivity (Wildman–Crippen MR) is 101 cm³/mol. The Hall–Kier alpha value is -1.60. The number of hydrogen-bond acceptors (Lipinski definition) is 5. The number of halogens is 1. The topological polar surface area (TPSA) is 65.1 Å². The molecule has 1 aromatic carbocycles. The van der Waals surface area contributed by atoms with Crippen molar-refractivity contribution in [3.63, 3.8) is 0 Å². The van der Waals surface area contributed by atoms with Gasteiger partial charge in [-0.05, 0) is 45.4 Å². The summed E-state index contributed by atoms with van der Waals surface area (Å²) < 4.78 is 17.4. The molecule has 1 saturated heterocycles. The number of amides is 1. The van der Waals surface area contributed by atoms with E-state index in [1.54, 1.807) is 11.8 Å². The SMILES string of the molecule is CCOC(=O)COC1(c2ccc(Br)cc2)CCN(C(=O)OC(C)(C)C)C1. The van der Waals surface area contributed by atoms with E-state index in [1.807, 2.05) is 45.0 Å². The zero-order chi connectivity index (χ0) is 19.4. The molecule has 1 heterocycles. The van der Waals surface area contributed by atoms with Crippen LogP contribution in [0.5, 0.6) is 0 Å². The van der Waals surface area contributed by atoms with Crippen molar-refractivity contribution in [2.24, 2.45) is 0 Å². The van der Waals surface area contributed by atoms with Crippen LogP contribution in [-0.4, -0.2) is 48.9 Å². The Morgan fingerprint density at radius 2 is 1.88 bits per heavy atom. The minimum Gasteiger partial charge on any atom is -0.464 e. The Kier molecular flexibility index (Phi) is 6.69. The fourth-order valence-corrected chi connectivity index (χ4v) is 3.12. The van der Waals surface area contributed by atoms with E-state index in [4.69, 9.17) is 14.2 Å². The van der Waals surface area contributed by atoms with Gasteiger partial charge in [-0.2, -0.15) is 0 Å². The molecule has 144 valence electrons. The molecule has 1 fully saturated rings. The molecule has 0 spiro atoms. The normalized spacial score (nSPS) is 20.1. The highest BCUT2D eigenvalue weighted by atomic mass is 79.9. The first-order chi connectivity index (χ1) is 12.1. The number of rotatable bonds is 5. The van der Waals surface area contributed by atoms with Crippen LogP contribution in [0.4, 0.5) is 4.79 Å². The third-order valence-corrected chi connectivity index (χ3v) is 4.55. The van der Waals surface area contributed by atoms with Crippen LogP contribution in [-0.2, 0) is 24.6 Å². The highest BCUT2D eigenvalue weighted by Gasteiger charge is 2.44. The predicted octanol–water partition coefficient (Wildman–Crippen LogP) is 3.86. The molecule has 1 aliphatic rings. The number of carbonyl (C=O) groups excluding carboxylic acids is 2. The molecule has 0 aliphatic carbocycles. The summed E-state index contributed by atoms with van der Waals surface area (Å²) >= 11 is 3.42. The monoisotopic (exact) mass is 427 g/mol. The number of esters is 1. The lowest BCUT2D eigenvalue weighted by Crippen LogP contribution is -2.40. The van der Waals surface area contributed by atoms with Gasteiger partial charge in [-0.25, -0.2) is 9.59 Å². The summed E-state index contributed by atoms with van der Waals surface area (Å²) in [5, 5.41) is 0. The number of hydrogen-bond donors (Lipinski definition) is 0. The molecule has 0 aromatic heterocycles. The number of ether oxygens (including phenoxy) is 3.